The minimum Gasteiger partial charge on any atom is -0.395 e. The molecule has 2 N–H and O–H groups in total. The van der Waals surface area contributed by atoms with Gasteiger partial charge in [0.2, 0.25) is 0 Å². The van der Waals surface area contributed by atoms with Crippen LogP contribution in [0.5, 0.6) is 0 Å². The number of aliphatic hydroxyl groups excluding tert-OH is 1. The van der Waals surface area contributed by atoms with E-state index in [1.165, 1.54) is 10.5 Å². The number of rotatable bonds is 5. The lowest BCUT2D eigenvalue weighted by atomic mass is 10.1. The molecule has 0 aliphatic carbocycles. The first-order valence-electron chi connectivity index (χ1n) is 7.49. The van der Waals surface area contributed by atoms with E-state index < -0.39 is 0 Å². The number of hydrogen-bond acceptors (Lipinski definition) is 3. The molecule has 2 atom stereocenters. The van der Waals surface area contributed by atoms with Crippen LogP contribution in [0.2, 0.25) is 0 Å². The summed E-state index contributed by atoms with van der Waals surface area (Å²) < 4.78 is 0. The zero-order valence-corrected chi connectivity index (χ0v) is 12.8. The molecule has 0 saturated carbocycles. The second-order valence-electron chi connectivity index (χ2n) is 5.86. The summed E-state index contributed by atoms with van der Waals surface area (Å²) in [7, 11) is 1.70. The zero-order valence-electron chi connectivity index (χ0n) is 12.8. The highest BCUT2D eigenvalue weighted by Gasteiger charge is 2.31. The number of carbonyl (C=O) groups excluding carboxylic acids is 1. The van der Waals surface area contributed by atoms with Crippen LogP contribution < -0.4 is 5.32 Å². The lowest BCUT2D eigenvalue weighted by Gasteiger charge is -2.22. The van der Waals surface area contributed by atoms with Gasteiger partial charge in [0.25, 0.3) is 0 Å². The van der Waals surface area contributed by atoms with E-state index in [0.717, 1.165) is 19.6 Å². The van der Waals surface area contributed by atoms with Gasteiger partial charge in [0.15, 0.2) is 0 Å². The summed E-state index contributed by atoms with van der Waals surface area (Å²) in [6, 6.07) is 10.5. The summed E-state index contributed by atoms with van der Waals surface area (Å²) in [5, 5.41) is 11.9. The summed E-state index contributed by atoms with van der Waals surface area (Å²) >= 11 is 0. The molecule has 5 nitrogen and oxygen atoms in total. The molecule has 1 fully saturated rings. The molecule has 5 heteroatoms. The van der Waals surface area contributed by atoms with Gasteiger partial charge in [-0.3, -0.25) is 4.90 Å². The number of nitrogens with one attached hydrogen (secondary N) is 1. The first-order chi connectivity index (χ1) is 10.1. The van der Waals surface area contributed by atoms with Crippen LogP contribution >= 0.6 is 0 Å². The van der Waals surface area contributed by atoms with E-state index in [0.29, 0.717) is 12.5 Å². The topological polar surface area (TPSA) is 55.8 Å². The Morgan fingerprint density at radius 3 is 2.76 bits per heavy atom. The molecule has 0 unspecified atom stereocenters. The van der Waals surface area contributed by atoms with E-state index in [1.807, 2.05) is 6.07 Å². The van der Waals surface area contributed by atoms with E-state index in [2.05, 4.69) is 41.4 Å². The number of hydrogen-bond donors (Lipinski definition) is 2. The van der Waals surface area contributed by atoms with Crippen LogP contribution in [0.25, 0.3) is 0 Å². The van der Waals surface area contributed by atoms with Crippen molar-refractivity contribution < 1.29 is 9.90 Å². The molecule has 0 bridgehead atoms. The lowest BCUT2D eigenvalue weighted by molar-refractivity contribution is 0.185. The first-order valence-corrected chi connectivity index (χ1v) is 7.49. The van der Waals surface area contributed by atoms with Crippen molar-refractivity contribution in [1.82, 2.24) is 15.1 Å². The fraction of sp³-hybridized carbons (Fsp3) is 0.562. The fourth-order valence-corrected chi connectivity index (χ4v) is 2.75. The molecular formula is C16H25N3O2. The number of amides is 2. The van der Waals surface area contributed by atoms with Crippen LogP contribution in [0, 0.1) is 5.92 Å². The van der Waals surface area contributed by atoms with Crippen molar-refractivity contribution >= 4 is 6.03 Å². The third kappa shape index (κ3) is 4.44. The Balaban J connectivity index is 1.85. The second kappa shape index (κ2) is 7.43. The monoisotopic (exact) mass is 291 g/mol. The summed E-state index contributed by atoms with van der Waals surface area (Å²) in [6.07, 6.45) is 0. The number of carbonyl (C=O) groups is 1. The Bertz CT molecular complexity index is 452. The van der Waals surface area contributed by atoms with E-state index in [1.54, 1.807) is 7.05 Å². The Kier molecular flexibility index (Phi) is 5.59. The van der Waals surface area contributed by atoms with Gasteiger partial charge in [-0.05, 0) is 11.5 Å². The molecule has 1 saturated heterocycles. The summed E-state index contributed by atoms with van der Waals surface area (Å²) in [6.45, 7) is 5.30. The smallest absolute Gasteiger partial charge is 0.317 e. The van der Waals surface area contributed by atoms with Gasteiger partial charge in [0, 0.05) is 39.3 Å². The Labute approximate surface area is 126 Å². The number of likely N-dealkylation sites (N-methyl/N-ethyl adjacent to an activating group) is 1. The Morgan fingerprint density at radius 2 is 2.10 bits per heavy atom. The summed E-state index contributed by atoms with van der Waals surface area (Å²) in [5.41, 5.74) is 1.30. The van der Waals surface area contributed by atoms with Crippen molar-refractivity contribution in [2.24, 2.45) is 5.92 Å². The van der Waals surface area contributed by atoms with Crippen LogP contribution in [0.1, 0.15) is 12.5 Å². The van der Waals surface area contributed by atoms with Crippen LogP contribution in [-0.2, 0) is 6.54 Å². The molecule has 116 valence electrons. The van der Waals surface area contributed by atoms with Gasteiger partial charge in [0.05, 0.1) is 6.61 Å². The average molecular weight is 291 g/mol. The van der Waals surface area contributed by atoms with Crippen molar-refractivity contribution in [3.8, 4) is 0 Å². The molecule has 0 radical (unpaired) electrons. The first kappa shape index (κ1) is 15.8. The van der Waals surface area contributed by atoms with Gasteiger partial charge >= 0.3 is 6.03 Å². The van der Waals surface area contributed by atoms with Crippen molar-refractivity contribution in [1.29, 1.82) is 0 Å². The molecule has 2 rings (SSSR count). The van der Waals surface area contributed by atoms with Crippen molar-refractivity contribution in [3.05, 3.63) is 35.9 Å². The fourth-order valence-electron chi connectivity index (χ4n) is 2.75. The third-order valence-corrected chi connectivity index (χ3v) is 4.03. The normalized spacial score (nSPS) is 22.2. The standard InChI is InChI=1S/C16H25N3O2/c1-13-10-19(11-14-6-4-3-5-7-14)12-15(13)17-16(21)18(2)8-9-20/h3-7,13,15,20H,8-12H2,1-2H3,(H,17,21)/t13-,15+/m1/s1. The molecule has 1 heterocycles. The number of aliphatic hydroxyl groups is 1. The number of urea groups is 1. The summed E-state index contributed by atoms with van der Waals surface area (Å²) in [5.74, 6) is 0.431. The van der Waals surface area contributed by atoms with Crippen LogP contribution in [0.4, 0.5) is 4.79 Å². The van der Waals surface area contributed by atoms with Gasteiger partial charge in [-0.1, -0.05) is 37.3 Å². The maximum Gasteiger partial charge on any atom is 0.317 e. The molecule has 1 aromatic rings. The average Bonchev–Trinajstić information content (AvgIpc) is 2.80. The lowest BCUT2D eigenvalue weighted by Crippen LogP contribution is -2.46. The maximum atomic E-state index is 12.0. The Hall–Kier alpha value is -1.59. The molecule has 1 aliphatic rings. The number of nitrogens with zero attached hydrogens (tertiary/aromatic N) is 2. The van der Waals surface area contributed by atoms with Gasteiger partial charge < -0.3 is 15.3 Å². The predicted molar refractivity (Wildman–Crippen MR) is 82.9 cm³/mol. The van der Waals surface area contributed by atoms with Gasteiger partial charge in [-0.2, -0.15) is 0 Å². The Morgan fingerprint density at radius 1 is 1.38 bits per heavy atom. The largest absolute Gasteiger partial charge is 0.395 e. The quantitative estimate of drug-likeness (QED) is 0.855. The van der Waals surface area contributed by atoms with Crippen molar-refractivity contribution in [3.63, 3.8) is 0 Å². The zero-order chi connectivity index (χ0) is 15.2. The van der Waals surface area contributed by atoms with Crippen LogP contribution in [-0.4, -0.2) is 60.3 Å². The second-order valence-corrected chi connectivity index (χ2v) is 5.86. The number of benzene rings is 1. The van der Waals surface area contributed by atoms with E-state index in [9.17, 15) is 4.79 Å². The number of likely N-dealkylation sites (tertiary alicyclic amines) is 1. The molecule has 0 spiro atoms. The van der Waals surface area contributed by atoms with E-state index in [4.69, 9.17) is 5.11 Å². The van der Waals surface area contributed by atoms with Gasteiger partial charge in [0.1, 0.15) is 0 Å². The van der Waals surface area contributed by atoms with E-state index >= 15 is 0 Å². The molecule has 1 aromatic carbocycles. The SMILES string of the molecule is C[C@@H]1CN(Cc2ccccc2)C[C@@H]1NC(=O)N(C)CCO. The minimum absolute atomic E-state index is 0.00965. The van der Waals surface area contributed by atoms with Crippen molar-refractivity contribution in [2.75, 3.05) is 33.3 Å². The third-order valence-electron chi connectivity index (χ3n) is 4.03. The highest BCUT2D eigenvalue weighted by molar-refractivity contribution is 5.74. The molecule has 0 aromatic heterocycles. The minimum atomic E-state index is -0.109. The van der Waals surface area contributed by atoms with E-state index in [-0.39, 0.29) is 18.7 Å². The predicted octanol–water partition coefficient (Wildman–Crippen LogP) is 1.14. The highest BCUT2D eigenvalue weighted by Crippen LogP contribution is 2.19. The molecule has 2 amide bonds. The molecular weight excluding hydrogens is 266 g/mol. The highest BCUT2D eigenvalue weighted by atomic mass is 16.3. The van der Waals surface area contributed by atoms with Crippen molar-refractivity contribution in [2.45, 2.75) is 19.5 Å². The maximum absolute atomic E-state index is 12.0. The molecule has 1 aliphatic heterocycles. The van der Waals surface area contributed by atoms with Crippen LogP contribution in [0.3, 0.4) is 0 Å². The van der Waals surface area contributed by atoms with Gasteiger partial charge in [-0.25, -0.2) is 4.79 Å². The van der Waals surface area contributed by atoms with Crippen LogP contribution in [0.15, 0.2) is 30.3 Å². The molecule has 21 heavy (non-hydrogen) atoms. The summed E-state index contributed by atoms with van der Waals surface area (Å²) in [4.78, 5) is 15.9. The van der Waals surface area contributed by atoms with Gasteiger partial charge in [-0.15, -0.1) is 0 Å².